The van der Waals surface area contributed by atoms with Crippen LogP contribution < -0.4 is 10.2 Å². The number of amides is 1. The normalized spacial score (nSPS) is 26.1. The SMILES string of the molecule is O=C1N[C@H](C2CC(F)(F)C2)CN2CC(F)(F)Cc3c(-c4cn[nH]c4)sc1c32. The zero-order valence-electron chi connectivity index (χ0n) is 14.1. The lowest BCUT2D eigenvalue weighted by Gasteiger charge is -2.42. The molecule has 0 spiro atoms. The van der Waals surface area contributed by atoms with Gasteiger partial charge in [0.1, 0.15) is 4.88 Å². The quantitative estimate of drug-likeness (QED) is 0.761. The smallest absolute Gasteiger partial charge is 0.269 e. The molecule has 0 radical (unpaired) electrons. The van der Waals surface area contributed by atoms with Crippen molar-refractivity contribution in [2.24, 2.45) is 5.92 Å². The number of rotatable bonds is 2. The van der Waals surface area contributed by atoms with Gasteiger partial charge in [-0.3, -0.25) is 9.89 Å². The number of thiophene rings is 1. The van der Waals surface area contributed by atoms with Crippen molar-refractivity contribution in [1.29, 1.82) is 0 Å². The van der Waals surface area contributed by atoms with E-state index in [4.69, 9.17) is 0 Å². The van der Waals surface area contributed by atoms with Crippen molar-refractivity contribution in [2.75, 3.05) is 18.0 Å². The minimum atomic E-state index is -2.95. The van der Waals surface area contributed by atoms with Gasteiger partial charge in [0.2, 0.25) is 5.92 Å². The Balaban J connectivity index is 1.56. The Kier molecular flexibility index (Phi) is 3.45. The predicted molar refractivity (Wildman–Crippen MR) is 91.7 cm³/mol. The van der Waals surface area contributed by atoms with Crippen molar-refractivity contribution in [1.82, 2.24) is 15.5 Å². The molecule has 144 valence electrons. The van der Waals surface area contributed by atoms with Gasteiger partial charge in [-0.15, -0.1) is 11.3 Å². The molecule has 27 heavy (non-hydrogen) atoms. The minimum Gasteiger partial charge on any atom is -0.362 e. The van der Waals surface area contributed by atoms with Gasteiger partial charge in [0.25, 0.3) is 11.8 Å². The Morgan fingerprint density at radius 1 is 1.19 bits per heavy atom. The highest BCUT2D eigenvalue weighted by atomic mass is 32.1. The summed E-state index contributed by atoms with van der Waals surface area (Å²) in [6.07, 6.45) is 2.06. The van der Waals surface area contributed by atoms with Crippen LogP contribution in [0.25, 0.3) is 10.4 Å². The topological polar surface area (TPSA) is 61.0 Å². The summed E-state index contributed by atoms with van der Waals surface area (Å²) in [5, 5.41) is 9.34. The number of nitrogens with zero attached hydrogens (tertiary/aromatic N) is 2. The number of hydrogen-bond acceptors (Lipinski definition) is 4. The molecule has 0 bridgehead atoms. The Hall–Kier alpha value is -2.10. The van der Waals surface area contributed by atoms with Gasteiger partial charge >= 0.3 is 0 Å². The van der Waals surface area contributed by atoms with E-state index >= 15 is 0 Å². The molecule has 1 fully saturated rings. The molecule has 2 aliphatic heterocycles. The van der Waals surface area contributed by atoms with Crippen LogP contribution in [0.2, 0.25) is 0 Å². The number of halogens is 4. The molecule has 4 heterocycles. The van der Waals surface area contributed by atoms with Crippen LogP contribution in [0.5, 0.6) is 0 Å². The molecule has 0 aromatic carbocycles. The number of nitrogens with one attached hydrogen (secondary N) is 2. The van der Waals surface area contributed by atoms with E-state index in [1.807, 2.05) is 0 Å². The van der Waals surface area contributed by atoms with Gasteiger partial charge in [0.15, 0.2) is 0 Å². The lowest BCUT2D eigenvalue weighted by atomic mass is 9.76. The molecule has 2 aromatic heterocycles. The molecule has 10 heteroatoms. The number of hydrogen-bond donors (Lipinski definition) is 2. The first-order chi connectivity index (χ1) is 12.7. The Morgan fingerprint density at radius 2 is 1.96 bits per heavy atom. The molecule has 5 rings (SSSR count). The third kappa shape index (κ3) is 2.72. The Labute approximate surface area is 155 Å². The molecule has 0 saturated heterocycles. The van der Waals surface area contributed by atoms with Gasteiger partial charge < -0.3 is 10.2 Å². The Bertz CT molecular complexity index is 902. The highest BCUT2D eigenvalue weighted by molar-refractivity contribution is 7.18. The number of carbonyl (C=O) groups is 1. The second-order valence-electron chi connectivity index (χ2n) is 7.59. The second kappa shape index (κ2) is 5.46. The van der Waals surface area contributed by atoms with E-state index in [1.54, 1.807) is 6.20 Å². The van der Waals surface area contributed by atoms with Crippen molar-refractivity contribution in [2.45, 2.75) is 37.1 Å². The molecule has 5 nitrogen and oxygen atoms in total. The van der Waals surface area contributed by atoms with Gasteiger partial charge in [-0.1, -0.05) is 0 Å². The number of aromatic amines is 1. The fraction of sp³-hybridized carbons (Fsp3) is 0.529. The summed E-state index contributed by atoms with van der Waals surface area (Å²) in [5.74, 6) is -6.45. The summed E-state index contributed by atoms with van der Waals surface area (Å²) in [5.41, 5.74) is 1.61. The lowest BCUT2D eigenvalue weighted by Crippen LogP contribution is -2.54. The standard InChI is InChI=1S/C17H16F4N4OS/c18-16(19)1-8(2-16)11-6-25-7-17(20,21)3-10-12(25)14(15(26)24-11)27-13(10)9-4-22-23-5-9/h4-5,8,11H,1-3,6-7H2,(H,22,23)(H,24,26)/t11-/m0/s1. The maximum absolute atomic E-state index is 14.5. The van der Waals surface area contributed by atoms with Crippen LogP contribution in [0.4, 0.5) is 23.2 Å². The maximum Gasteiger partial charge on any atom is 0.269 e. The molecule has 1 atom stereocenters. The summed E-state index contributed by atoms with van der Waals surface area (Å²) in [4.78, 5) is 15.3. The van der Waals surface area contributed by atoms with Crippen molar-refractivity contribution >= 4 is 22.9 Å². The van der Waals surface area contributed by atoms with E-state index in [1.165, 1.54) is 11.1 Å². The van der Waals surface area contributed by atoms with Crippen molar-refractivity contribution < 1.29 is 22.4 Å². The highest BCUT2D eigenvalue weighted by Gasteiger charge is 2.52. The van der Waals surface area contributed by atoms with Gasteiger partial charge in [0, 0.05) is 54.0 Å². The van der Waals surface area contributed by atoms with Crippen LogP contribution in [0, 0.1) is 5.92 Å². The fourth-order valence-corrected chi connectivity index (χ4v) is 5.55. The van der Waals surface area contributed by atoms with Gasteiger partial charge in [-0.05, 0) is 5.92 Å². The Morgan fingerprint density at radius 3 is 2.63 bits per heavy atom. The second-order valence-corrected chi connectivity index (χ2v) is 8.61. The van der Waals surface area contributed by atoms with E-state index < -0.39 is 36.8 Å². The van der Waals surface area contributed by atoms with Crippen molar-refractivity contribution in [3.8, 4) is 10.4 Å². The zero-order chi connectivity index (χ0) is 19.0. The van der Waals surface area contributed by atoms with Crippen LogP contribution in [-0.4, -0.2) is 47.1 Å². The number of anilines is 1. The number of aromatic nitrogens is 2. The van der Waals surface area contributed by atoms with E-state index in [2.05, 4.69) is 15.5 Å². The van der Waals surface area contributed by atoms with Crippen LogP contribution in [0.15, 0.2) is 12.4 Å². The van der Waals surface area contributed by atoms with Crippen LogP contribution in [0.1, 0.15) is 28.1 Å². The minimum absolute atomic E-state index is 0.115. The van der Waals surface area contributed by atoms with Gasteiger partial charge in [0.05, 0.1) is 18.4 Å². The van der Waals surface area contributed by atoms with Gasteiger partial charge in [-0.2, -0.15) is 5.10 Å². The molecular weight excluding hydrogens is 384 g/mol. The van der Waals surface area contributed by atoms with E-state index in [0.717, 1.165) is 11.3 Å². The zero-order valence-corrected chi connectivity index (χ0v) is 14.9. The molecule has 2 N–H and O–H groups in total. The molecule has 1 aliphatic carbocycles. The third-order valence-electron chi connectivity index (χ3n) is 5.54. The van der Waals surface area contributed by atoms with Crippen molar-refractivity contribution in [3.05, 3.63) is 22.8 Å². The monoisotopic (exact) mass is 400 g/mol. The molecule has 1 amide bonds. The number of alkyl halides is 4. The highest BCUT2D eigenvalue weighted by Crippen LogP contribution is 2.50. The fourth-order valence-electron chi connectivity index (χ4n) is 4.32. The van der Waals surface area contributed by atoms with E-state index in [9.17, 15) is 22.4 Å². The molecule has 1 saturated carbocycles. The van der Waals surface area contributed by atoms with Crippen LogP contribution >= 0.6 is 11.3 Å². The summed E-state index contributed by atoms with van der Waals surface area (Å²) >= 11 is 1.15. The third-order valence-corrected chi connectivity index (χ3v) is 6.81. The average molecular weight is 400 g/mol. The first-order valence-electron chi connectivity index (χ1n) is 8.69. The largest absolute Gasteiger partial charge is 0.362 e. The van der Waals surface area contributed by atoms with Gasteiger partial charge in [-0.25, -0.2) is 17.6 Å². The summed E-state index contributed by atoms with van der Waals surface area (Å²) < 4.78 is 55.5. The molecular formula is C17H16F4N4OS. The van der Waals surface area contributed by atoms with Crippen LogP contribution in [0.3, 0.4) is 0 Å². The first kappa shape index (κ1) is 17.0. The van der Waals surface area contributed by atoms with Crippen molar-refractivity contribution in [3.63, 3.8) is 0 Å². The molecule has 3 aliphatic rings. The number of H-pyrrole nitrogens is 1. The summed E-state index contributed by atoms with van der Waals surface area (Å²) in [6, 6.07) is -0.559. The number of carbonyl (C=O) groups excluding carboxylic acids is 1. The van der Waals surface area contributed by atoms with E-state index in [-0.39, 0.29) is 25.3 Å². The average Bonchev–Trinajstić information content (AvgIpc) is 3.15. The molecule has 2 aromatic rings. The van der Waals surface area contributed by atoms with E-state index in [0.29, 0.717) is 26.6 Å². The van der Waals surface area contributed by atoms with Crippen LogP contribution in [-0.2, 0) is 6.42 Å². The summed E-state index contributed by atoms with van der Waals surface area (Å²) in [6.45, 7) is -0.396. The lowest BCUT2D eigenvalue weighted by molar-refractivity contribution is -0.118. The predicted octanol–water partition coefficient (Wildman–Crippen LogP) is 3.29. The molecule has 0 unspecified atom stereocenters. The summed E-state index contributed by atoms with van der Waals surface area (Å²) in [7, 11) is 0. The first-order valence-corrected chi connectivity index (χ1v) is 9.50. The maximum atomic E-state index is 14.5.